The van der Waals surface area contributed by atoms with E-state index >= 15 is 0 Å². The highest BCUT2D eigenvalue weighted by atomic mass is 16.1. The average molecular weight is 452 g/mol. The Morgan fingerprint density at radius 3 is 2.59 bits per heavy atom. The predicted molar refractivity (Wildman–Crippen MR) is 134 cm³/mol. The molecule has 34 heavy (non-hydrogen) atoms. The molecule has 6 heteroatoms. The summed E-state index contributed by atoms with van der Waals surface area (Å²) in [5, 5.41) is 6.41. The number of fused-ring (bicyclic) bond motifs is 1. The summed E-state index contributed by atoms with van der Waals surface area (Å²) in [5.74, 6) is 1.00. The predicted octanol–water partition coefficient (Wildman–Crippen LogP) is 5.23. The Labute approximate surface area is 199 Å². The third kappa shape index (κ3) is 3.98. The number of Topliss-reactive ketones (excluding diaryl/α,β-unsaturated/α-hetero) is 1. The fraction of sp³-hybridized carbons (Fsp3) is 0.357. The molecule has 4 aromatic rings. The van der Waals surface area contributed by atoms with E-state index in [4.69, 9.17) is 0 Å². The molecule has 1 saturated carbocycles. The van der Waals surface area contributed by atoms with Gasteiger partial charge in [-0.05, 0) is 48.1 Å². The van der Waals surface area contributed by atoms with Crippen molar-refractivity contribution in [3.63, 3.8) is 0 Å². The normalized spacial score (nSPS) is 17.1. The second kappa shape index (κ2) is 8.35. The molecule has 1 aliphatic heterocycles. The van der Waals surface area contributed by atoms with E-state index in [0.29, 0.717) is 11.0 Å². The Balaban J connectivity index is 1.18. The van der Waals surface area contributed by atoms with Crippen molar-refractivity contribution in [1.29, 1.82) is 0 Å². The molecule has 4 heterocycles. The minimum absolute atomic E-state index is 0.0758. The zero-order chi connectivity index (χ0) is 23.1. The molecule has 172 valence electrons. The number of hydrogen-bond donors (Lipinski definition) is 0. The van der Waals surface area contributed by atoms with Crippen LogP contribution in [0.3, 0.4) is 0 Å². The molecular formula is C28H29N5O. The van der Waals surface area contributed by atoms with E-state index in [1.54, 1.807) is 10.9 Å². The van der Waals surface area contributed by atoms with Gasteiger partial charge in [-0.1, -0.05) is 31.4 Å². The first-order chi connectivity index (χ1) is 16.6. The van der Waals surface area contributed by atoms with Crippen molar-refractivity contribution in [3.8, 4) is 11.1 Å². The monoisotopic (exact) mass is 451 g/mol. The first kappa shape index (κ1) is 21.0. The minimum Gasteiger partial charge on any atom is -0.355 e. The molecule has 3 aromatic heterocycles. The number of anilines is 1. The van der Waals surface area contributed by atoms with Crippen molar-refractivity contribution < 1.29 is 4.79 Å². The maximum atomic E-state index is 13.1. The molecule has 1 spiro atoms. The first-order valence-electron chi connectivity index (χ1n) is 12.2. The van der Waals surface area contributed by atoms with E-state index in [1.165, 1.54) is 32.1 Å². The highest BCUT2D eigenvalue weighted by Gasteiger charge is 2.43. The van der Waals surface area contributed by atoms with Crippen molar-refractivity contribution in [3.05, 3.63) is 72.4 Å². The second-order valence-electron chi connectivity index (χ2n) is 10.1. The molecule has 2 aliphatic rings. The maximum absolute atomic E-state index is 13.1. The topological polar surface area (TPSA) is 63.9 Å². The minimum atomic E-state index is 0.0758. The lowest BCUT2D eigenvalue weighted by atomic mass is 9.68. The van der Waals surface area contributed by atoms with E-state index < -0.39 is 0 Å². The molecular weight excluding hydrogens is 422 g/mol. The lowest BCUT2D eigenvalue weighted by Crippen LogP contribution is -2.57. The number of aromatic nitrogens is 4. The smallest absolute Gasteiger partial charge is 0.169 e. The molecule has 0 unspecified atom stereocenters. The summed E-state index contributed by atoms with van der Waals surface area (Å²) in [7, 11) is 1.92. The van der Waals surface area contributed by atoms with Gasteiger partial charge in [0.15, 0.2) is 5.78 Å². The second-order valence-corrected chi connectivity index (χ2v) is 10.1. The van der Waals surface area contributed by atoms with Crippen LogP contribution in [0.5, 0.6) is 0 Å². The van der Waals surface area contributed by atoms with Gasteiger partial charge in [-0.2, -0.15) is 5.10 Å². The molecule has 0 amide bonds. The number of pyridine rings is 2. The molecule has 2 fully saturated rings. The van der Waals surface area contributed by atoms with Crippen molar-refractivity contribution >= 4 is 22.4 Å². The third-order valence-electron chi connectivity index (χ3n) is 7.52. The highest BCUT2D eigenvalue weighted by Crippen LogP contribution is 2.45. The quantitative estimate of drug-likeness (QED) is 0.389. The maximum Gasteiger partial charge on any atom is 0.169 e. The van der Waals surface area contributed by atoms with Gasteiger partial charge in [-0.25, -0.2) is 4.98 Å². The zero-order valence-corrected chi connectivity index (χ0v) is 19.6. The summed E-state index contributed by atoms with van der Waals surface area (Å²) in [6.07, 6.45) is 14.5. The lowest BCUT2D eigenvalue weighted by Gasteiger charge is -2.53. The van der Waals surface area contributed by atoms with Crippen LogP contribution in [0.15, 0.2) is 61.2 Å². The van der Waals surface area contributed by atoms with Crippen LogP contribution >= 0.6 is 0 Å². The van der Waals surface area contributed by atoms with Crippen LogP contribution in [0.1, 0.15) is 48.2 Å². The van der Waals surface area contributed by atoms with Crippen molar-refractivity contribution in [2.24, 2.45) is 12.5 Å². The number of carbonyl (C=O) groups is 1. The van der Waals surface area contributed by atoms with Gasteiger partial charge in [-0.3, -0.25) is 14.5 Å². The summed E-state index contributed by atoms with van der Waals surface area (Å²) in [6, 6.07) is 12.1. The molecule has 1 aromatic carbocycles. The summed E-state index contributed by atoms with van der Waals surface area (Å²) in [5.41, 5.74) is 4.16. The number of aryl methyl sites for hydroxylation is 1. The highest BCUT2D eigenvalue weighted by molar-refractivity contribution is 5.98. The van der Waals surface area contributed by atoms with Crippen molar-refractivity contribution in [2.45, 2.75) is 38.5 Å². The molecule has 0 N–H and O–H groups in total. The molecule has 0 atom stereocenters. The number of rotatable bonds is 5. The standard InChI is InChI=1S/C28H29N5O/c1-32-17-24(16-31-32)20-5-6-22-15-30-25(12-23(22)11-20)14-26(34)21-7-10-29-27(13-21)33-18-28(19-33)8-3-2-4-9-28/h5-7,10-13,15-17H,2-4,8-9,14,18-19H2,1H3. The van der Waals surface area contributed by atoms with Crippen LogP contribution in [0, 0.1) is 5.41 Å². The van der Waals surface area contributed by atoms with Gasteiger partial charge in [0.2, 0.25) is 0 Å². The summed E-state index contributed by atoms with van der Waals surface area (Å²) in [6.45, 7) is 2.15. The van der Waals surface area contributed by atoms with Crippen LogP contribution in [-0.2, 0) is 13.5 Å². The van der Waals surface area contributed by atoms with Crippen molar-refractivity contribution in [2.75, 3.05) is 18.0 Å². The number of ketones is 1. The van der Waals surface area contributed by atoms with E-state index in [-0.39, 0.29) is 12.2 Å². The van der Waals surface area contributed by atoms with Crippen molar-refractivity contribution in [1.82, 2.24) is 19.7 Å². The number of nitrogens with zero attached hydrogens (tertiary/aromatic N) is 5. The fourth-order valence-corrected chi connectivity index (χ4v) is 5.61. The van der Waals surface area contributed by atoms with Gasteiger partial charge in [0, 0.05) is 66.3 Å². The molecule has 6 rings (SSSR count). The first-order valence-corrected chi connectivity index (χ1v) is 12.2. The number of benzene rings is 1. The van der Waals surface area contributed by atoms with E-state index in [0.717, 1.165) is 46.5 Å². The lowest BCUT2D eigenvalue weighted by molar-refractivity contribution is 0.0991. The summed E-state index contributed by atoms with van der Waals surface area (Å²) >= 11 is 0. The van der Waals surface area contributed by atoms with Crippen LogP contribution in [0.25, 0.3) is 21.9 Å². The van der Waals surface area contributed by atoms with E-state index in [2.05, 4.69) is 38.2 Å². The van der Waals surface area contributed by atoms with Crippen LogP contribution in [0.2, 0.25) is 0 Å². The Morgan fingerprint density at radius 2 is 1.79 bits per heavy atom. The Morgan fingerprint density at radius 1 is 0.941 bits per heavy atom. The Kier molecular flexibility index (Phi) is 5.16. The van der Waals surface area contributed by atoms with Gasteiger partial charge in [-0.15, -0.1) is 0 Å². The van der Waals surface area contributed by atoms with E-state index in [1.807, 2.05) is 43.8 Å². The van der Waals surface area contributed by atoms with Crippen LogP contribution in [-0.4, -0.2) is 38.6 Å². The third-order valence-corrected chi connectivity index (χ3v) is 7.52. The van der Waals surface area contributed by atoms with Gasteiger partial charge >= 0.3 is 0 Å². The SMILES string of the molecule is Cn1cc(-c2ccc3cnc(CC(=O)c4ccnc(N5CC6(CCCCC6)C5)c4)cc3c2)cn1. The molecule has 0 bridgehead atoms. The molecule has 1 aliphatic carbocycles. The molecule has 0 radical (unpaired) electrons. The van der Waals surface area contributed by atoms with Gasteiger partial charge in [0.05, 0.1) is 12.6 Å². The number of hydrogen-bond acceptors (Lipinski definition) is 5. The number of carbonyl (C=O) groups excluding carboxylic acids is 1. The summed E-state index contributed by atoms with van der Waals surface area (Å²) < 4.78 is 1.80. The van der Waals surface area contributed by atoms with Gasteiger partial charge < -0.3 is 4.90 Å². The zero-order valence-electron chi connectivity index (χ0n) is 19.6. The van der Waals surface area contributed by atoms with Gasteiger partial charge in [0.1, 0.15) is 5.82 Å². The summed E-state index contributed by atoms with van der Waals surface area (Å²) in [4.78, 5) is 24.6. The average Bonchev–Trinajstić information content (AvgIpc) is 3.29. The Hall–Kier alpha value is -3.54. The molecule has 6 nitrogen and oxygen atoms in total. The van der Waals surface area contributed by atoms with Crippen LogP contribution in [0.4, 0.5) is 5.82 Å². The van der Waals surface area contributed by atoms with Crippen LogP contribution < -0.4 is 4.90 Å². The Bertz CT molecular complexity index is 1360. The van der Waals surface area contributed by atoms with E-state index in [9.17, 15) is 4.79 Å². The largest absolute Gasteiger partial charge is 0.355 e. The molecule has 1 saturated heterocycles. The fourth-order valence-electron chi connectivity index (χ4n) is 5.61. The van der Waals surface area contributed by atoms with Gasteiger partial charge in [0.25, 0.3) is 0 Å².